The van der Waals surface area contributed by atoms with Crippen LogP contribution in [0, 0.1) is 27.7 Å². The summed E-state index contributed by atoms with van der Waals surface area (Å²) in [4.78, 5) is 16.9. The van der Waals surface area contributed by atoms with Gasteiger partial charge in [-0.3, -0.25) is 4.79 Å². The fourth-order valence-corrected chi connectivity index (χ4v) is 3.00. The van der Waals surface area contributed by atoms with Gasteiger partial charge in [0, 0.05) is 0 Å². The van der Waals surface area contributed by atoms with Crippen LogP contribution < -0.4 is 5.32 Å². The van der Waals surface area contributed by atoms with E-state index in [4.69, 9.17) is 0 Å². The average molecular weight is 335 g/mol. The molecule has 4 heteroatoms. The molecular formula is C21H25N3O. The predicted molar refractivity (Wildman–Crippen MR) is 102 cm³/mol. The zero-order valence-electron chi connectivity index (χ0n) is 15.6. The summed E-state index contributed by atoms with van der Waals surface area (Å²) in [6.07, 6.45) is 1.74. The van der Waals surface area contributed by atoms with Crippen molar-refractivity contribution in [2.24, 2.45) is 0 Å². The van der Waals surface area contributed by atoms with Gasteiger partial charge in [0.1, 0.15) is 6.54 Å². The monoisotopic (exact) mass is 335 g/mol. The third-order valence-corrected chi connectivity index (χ3v) is 4.96. The lowest BCUT2D eigenvalue weighted by molar-refractivity contribution is -0.122. The Labute approximate surface area is 148 Å². The van der Waals surface area contributed by atoms with Crippen LogP contribution in [-0.2, 0) is 11.3 Å². The number of benzene rings is 2. The van der Waals surface area contributed by atoms with E-state index in [1.807, 2.05) is 11.5 Å². The third-order valence-electron chi connectivity index (χ3n) is 4.96. The van der Waals surface area contributed by atoms with Gasteiger partial charge in [-0.2, -0.15) is 0 Å². The fourth-order valence-electron chi connectivity index (χ4n) is 3.00. The van der Waals surface area contributed by atoms with Crippen LogP contribution in [0.25, 0.3) is 11.0 Å². The zero-order valence-corrected chi connectivity index (χ0v) is 15.6. The van der Waals surface area contributed by atoms with Crippen LogP contribution >= 0.6 is 0 Å². The maximum absolute atomic E-state index is 12.5. The van der Waals surface area contributed by atoms with Crippen LogP contribution in [-0.4, -0.2) is 15.5 Å². The fraction of sp³-hybridized carbons (Fsp3) is 0.333. The molecule has 1 aromatic heterocycles. The second kappa shape index (κ2) is 6.71. The quantitative estimate of drug-likeness (QED) is 0.778. The van der Waals surface area contributed by atoms with Crippen LogP contribution in [0.1, 0.15) is 40.8 Å². The Kier molecular flexibility index (Phi) is 4.62. The van der Waals surface area contributed by atoms with E-state index in [1.54, 1.807) is 6.33 Å². The van der Waals surface area contributed by atoms with Crippen LogP contribution in [0.15, 0.2) is 36.7 Å². The van der Waals surface area contributed by atoms with Gasteiger partial charge in [0.2, 0.25) is 5.91 Å². The smallest absolute Gasteiger partial charge is 0.240 e. The van der Waals surface area contributed by atoms with Gasteiger partial charge in [0.05, 0.1) is 23.4 Å². The van der Waals surface area contributed by atoms with Crippen molar-refractivity contribution in [2.45, 2.75) is 47.2 Å². The Morgan fingerprint density at radius 2 is 1.72 bits per heavy atom. The zero-order chi connectivity index (χ0) is 18.1. The molecule has 4 nitrogen and oxygen atoms in total. The number of rotatable bonds is 4. The molecule has 0 saturated heterocycles. The number of amides is 1. The first-order chi connectivity index (χ1) is 11.8. The van der Waals surface area contributed by atoms with E-state index in [0.29, 0.717) is 0 Å². The van der Waals surface area contributed by atoms with Gasteiger partial charge in [-0.15, -0.1) is 0 Å². The van der Waals surface area contributed by atoms with Gasteiger partial charge in [-0.1, -0.05) is 18.2 Å². The van der Waals surface area contributed by atoms with E-state index in [0.717, 1.165) is 16.6 Å². The minimum Gasteiger partial charge on any atom is -0.348 e. The van der Waals surface area contributed by atoms with Crippen molar-refractivity contribution in [3.63, 3.8) is 0 Å². The van der Waals surface area contributed by atoms with Crippen LogP contribution in [0.5, 0.6) is 0 Å². The molecule has 1 amide bonds. The predicted octanol–water partition coefficient (Wildman–Crippen LogP) is 4.15. The molecule has 0 aliphatic heterocycles. The maximum Gasteiger partial charge on any atom is 0.240 e. The SMILES string of the molecule is Cc1ccc([C@@H](C)NC(=O)Cn2cnc3cc(C)c(C)cc32)cc1C. The summed E-state index contributed by atoms with van der Waals surface area (Å²) in [5, 5.41) is 3.08. The largest absolute Gasteiger partial charge is 0.348 e. The van der Waals surface area contributed by atoms with Gasteiger partial charge in [-0.05, 0) is 74.6 Å². The molecule has 0 unspecified atom stereocenters. The number of nitrogens with one attached hydrogen (secondary N) is 1. The van der Waals surface area contributed by atoms with Crippen molar-refractivity contribution in [3.05, 3.63) is 64.5 Å². The number of hydrogen-bond donors (Lipinski definition) is 1. The van der Waals surface area contributed by atoms with Crippen molar-refractivity contribution in [2.75, 3.05) is 0 Å². The molecule has 130 valence electrons. The first-order valence-electron chi connectivity index (χ1n) is 8.63. The number of fused-ring (bicyclic) bond motifs is 1. The summed E-state index contributed by atoms with van der Waals surface area (Å²) in [5.41, 5.74) is 7.97. The standard InChI is InChI=1S/C21H25N3O/c1-13-6-7-18(8-14(13)2)17(5)23-21(25)11-24-12-22-19-9-15(3)16(4)10-20(19)24/h6-10,12,17H,11H2,1-5H3,(H,23,25)/t17-/m1/s1. The molecule has 1 N–H and O–H groups in total. The molecule has 0 radical (unpaired) electrons. The molecule has 1 atom stereocenters. The van der Waals surface area contributed by atoms with Gasteiger partial charge in [0.25, 0.3) is 0 Å². The van der Waals surface area contributed by atoms with E-state index in [-0.39, 0.29) is 18.5 Å². The van der Waals surface area contributed by atoms with Crippen molar-refractivity contribution in [3.8, 4) is 0 Å². The highest BCUT2D eigenvalue weighted by molar-refractivity contribution is 5.81. The van der Waals surface area contributed by atoms with Gasteiger partial charge >= 0.3 is 0 Å². The molecule has 0 saturated carbocycles. The molecular weight excluding hydrogens is 310 g/mol. The Hall–Kier alpha value is -2.62. The minimum absolute atomic E-state index is 0.0109. The molecule has 2 aromatic carbocycles. The van der Waals surface area contributed by atoms with Crippen LogP contribution in [0.3, 0.4) is 0 Å². The summed E-state index contributed by atoms with van der Waals surface area (Å²) < 4.78 is 1.91. The Morgan fingerprint density at radius 1 is 1.04 bits per heavy atom. The summed E-state index contributed by atoms with van der Waals surface area (Å²) in [7, 11) is 0. The molecule has 0 fully saturated rings. The van der Waals surface area contributed by atoms with E-state index in [1.165, 1.54) is 22.3 Å². The number of carbonyl (C=O) groups excluding carboxylic acids is 1. The molecule has 3 rings (SSSR count). The lowest BCUT2D eigenvalue weighted by atomic mass is 10.0. The van der Waals surface area contributed by atoms with Gasteiger partial charge in [-0.25, -0.2) is 4.98 Å². The first-order valence-corrected chi connectivity index (χ1v) is 8.63. The molecule has 0 bridgehead atoms. The normalized spacial score (nSPS) is 12.4. The van der Waals surface area contributed by atoms with Crippen LogP contribution in [0.2, 0.25) is 0 Å². The second-order valence-electron chi connectivity index (χ2n) is 6.93. The molecule has 0 spiro atoms. The van der Waals surface area contributed by atoms with Crippen molar-refractivity contribution in [1.29, 1.82) is 0 Å². The molecule has 0 aliphatic rings. The average Bonchev–Trinajstić information content (AvgIpc) is 2.92. The number of aryl methyl sites for hydroxylation is 4. The van der Waals surface area contributed by atoms with E-state index in [9.17, 15) is 4.79 Å². The molecule has 0 aliphatic carbocycles. The number of carbonyl (C=O) groups is 1. The minimum atomic E-state index is -0.0226. The second-order valence-corrected chi connectivity index (χ2v) is 6.93. The highest BCUT2D eigenvalue weighted by Gasteiger charge is 2.13. The Bertz CT molecular complexity index is 940. The molecule has 25 heavy (non-hydrogen) atoms. The number of nitrogens with zero attached hydrogens (tertiary/aromatic N) is 2. The van der Waals surface area contributed by atoms with Crippen molar-refractivity contribution in [1.82, 2.24) is 14.9 Å². The number of hydrogen-bond acceptors (Lipinski definition) is 2. The summed E-state index contributed by atoms with van der Waals surface area (Å²) in [6.45, 7) is 10.6. The summed E-state index contributed by atoms with van der Waals surface area (Å²) in [6, 6.07) is 10.5. The van der Waals surface area contributed by atoms with Gasteiger partial charge < -0.3 is 9.88 Å². The molecule has 3 aromatic rings. The Morgan fingerprint density at radius 3 is 2.44 bits per heavy atom. The molecule has 1 heterocycles. The maximum atomic E-state index is 12.5. The van der Waals surface area contributed by atoms with Crippen LogP contribution in [0.4, 0.5) is 0 Å². The van der Waals surface area contributed by atoms with Crippen molar-refractivity contribution >= 4 is 16.9 Å². The summed E-state index contributed by atoms with van der Waals surface area (Å²) >= 11 is 0. The Balaban J connectivity index is 1.74. The number of aromatic nitrogens is 2. The van der Waals surface area contributed by atoms with Gasteiger partial charge in [0.15, 0.2) is 0 Å². The number of imidazole rings is 1. The lowest BCUT2D eigenvalue weighted by Gasteiger charge is -2.16. The van der Waals surface area contributed by atoms with E-state index >= 15 is 0 Å². The third kappa shape index (κ3) is 3.58. The highest BCUT2D eigenvalue weighted by atomic mass is 16.2. The van der Waals surface area contributed by atoms with Crippen molar-refractivity contribution < 1.29 is 4.79 Å². The van der Waals surface area contributed by atoms with E-state index in [2.05, 4.69) is 68.3 Å². The highest BCUT2D eigenvalue weighted by Crippen LogP contribution is 2.19. The summed E-state index contributed by atoms with van der Waals surface area (Å²) in [5.74, 6) is -0.0109. The lowest BCUT2D eigenvalue weighted by Crippen LogP contribution is -2.30. The first kappa shape index (κ1) is 17.2. The topological polar surface area (TPSA) is 46.9 Å². The van der Waals surface area contributed by atoms with E-state index < -0.39 is 0 Å².